The fraction of sp³-hybridized carbons (Fsp3) is 1.00. The van der Waals surface area contributed by atoms with Crippen LogP contribution in [0.4, 0.5) is 35.1 Å². The first-order chi connectivity index (χ1) is 7.88. The molecule has 0 spiro atoms. The van der Waals surface area contributed by atoms with Gasteiger partial charge in [0, 0.05) is 0 Å². The monoisotopic (exact) mass is 310 g/mol. The fourth-order valence-corrected chi connectivity index (χ4v) is 1.77. The van der Waals surface area contributed by atoms with Crippen LogP contribution in [0.1, 0.15) is 32.1 Å². The van der Waals surface area contributed by atoms with Crippen LogP contribution < -0.4 is 0 Å². The standard InChI is InChI=1S/C9H11F8.K/c10-6(9(16,17)7(11)12)4-2-1-3-5-8(13,14)15;/h6H,1-5H2;. The second-order valence-electron chi connectivity index (χ2n) is 4.19. The van der Waals surface area contributed by atoms with Crippen molar-refractivity contribution in [2.75, 3.05) is 0 Å². The first-order valence-electron chi connectivity index (χ1n) is 5.34. The van der Waals surface area contributed by atoms with Gasteiger partial charge in [-0.15, -0.1) is 0 Å². The molecule has 0 saturated heterocycles. The van der Waals surface area contributed by atoms with Crippen LogP contribution in [0.5, 0.6) is 0 Å². The molecule has 1 atom stereocenters. The SMILES string of the molecule is FC(CCCCCC(F)(F)F)C(F)(F)[C](F)(F)[K]. The summed E-state index contributed by atoms with van der Waals surface area (Å²) in [5.74, 6) is -4.71. The van der Waals surface area contributed by atoms with Gasteiger partial charge < -0.3 is 0 Å². The Labute approximate surface area is 133 Å². The third kappa shape index (κ3) is 7.02. The molecular weight excluding hydrogens is 299 g/mol. The molecule has 104 valence electrons. The van der Waals surface area contributed by atoms with E-state index in [2.05, 4.69) is 0 Å². The molecule has 0 rings (SSSR count). The van der Waals surface area contributed by atoms with E-state index in [9.17, 15) is 35.1 Å². The number of halogens is 8. The van der Waals surface area contributed by atoms with Crippen molar-refractivity contribution < 1.29 is 35.1 Å². The number of unbranched alkanes of at least 4 members (excludes halogenated alkanes) is 2. The maximum absolute atomic E-state index is 12.9. The zero-order chi connectivity index (χ0) is 14.6. The minimum atomic E-state index is -4.71. The zero-order valence-electron chi connectivity index (χ0n) is 9.64. The third-order valence-corrected chi connectivity index (χ3v) is 3.44. The van der Waals surface area contributed by atoms with Crippen LogP contribution in [0.25, 0.3) is 0 Å². The fourth-order valence-electron chi connectivity index (χ4n) is 1.28. The molecule has 0 saturated carbocycles. The van der Waals surface area contributed by atoms with Crippen molar-refractivity contribution in [1.82, 2.24) is 0 Å². The molecule has 0 aromatic rings. The molecule has 0 amide bonds. The van der Waals surface area contributed by atoms with E-state index in [1.54, 1.807) is 0 Å². The summed E-state index contributed by atoms with van der Waals surface area (Å²) in [7, 11) is 0. The van der Waals surface area contributed by atoms with E-state index >= 15 is 0 Å². The van der Waals surface area contributed by atoms with Gasteiger partial charge in [-0.2, -0.15) is 0 Å². The predicted octanol–water partition coefficient (Wildman–Crippen LogP) is 4.23. The van der Waals surface area contributed by atoms with Crippen molar-refractivity contribution in [3.05, 3.63) is 0 Å². The van der Waals surface area contributed by atoms with E-state index in [4.69, 9.17) is 0 Å². The van der Waals surface area contributed by atoms with Crippen LogP contribution in [0, 0.1) is 0 Å². The quantitative estimate of drug-likeness (QED) is 0.375. The molecule has 0 bridgehead atoms. The molecule has 18 heavy (non-hydrogen) atoms. The number of rotatable bonds is 7. The molecule has 0 aliphatic rings. The second kappa shape index (κ2) is 7.19. The third-order valence-electron chi connectivity index (χ3n) is 2.40. The van der Waals surface area contributed by atoms with E-state index in [0.29, 0.717) is 0 Å². The second-order valence-corrected chi connectivity index (χ2v) is 6.15. The summed E-state index contributed by atoms with van der Waals surface area (Å²) >= 11 is -1.57. The van der Waals surface area contributed by atoms with Gasteiger partial charge in [-0.3, -0.25) is 0 Å². The Hall–Kier alpha value is 1.08. The molecule has 0 aromatic heterocycles. The average Bonchev–Trinajstić information content (AvgIpc) is 2.13. The first kappa shape index (κ1) is 19.1. The van der Waals surface area contributed by atoms with Crippen LogP contribution in [0.2, 0.25) is 0 Å². The Morgan fingerprint density at radius 1 is 0.833 bits per heavy atom. The Kier molecular flexibility index (Phi) is 7.62. The van der Waals surface area contributed by atoms with Crippen molar-refractivity contribution in [1.29, 1.82) is 0 Å². The van der Waals surface area contributed by atoms with E-state index in [0.717, 1.165) is 0 Å². The maximum atomic E-state index is 12.9. The molecule has 0 nitrogen and oxygen atoms in total. The van der Waals surface area contributed by atoms with E-state index in [-0.39, 0.29) is 19.3 Å². The number of hydrogen-bond donors (Lipinski definition) is 0. The summed E-state index contributed by atoms with van der Waals surface area (Å²) in [5, 5.41) is 0. The summed E-state index contributed by atoms with van der Waals surface area (Å²) in [6, 6.07) is 0. The number of alkyl halides is 8. The summed E-state index contributed by atoms with van der Waals surface area (Å²) in [6.07, 6.45) is -9.99. The topological polar surface area (TPSA) is 0 Å². The van der Waals surface area contributed by atoms with Gasteiger partial charge in [0.2, 0.25) is 0 Å². The van der Waals surface area contributed by atoms with Crippen molar-refractivity contribution in [3.63, 3.8) is 0 Å². The van der Waals surface area contributed by atoms with Crippen molar-refractivity contribution in [2.24, 2.45) is 0 Å². The van der Waals surface area contributed by atoms with Crippen LogP contribution in [0.3, 0.4) is 0 Å². The van der Waals surface area contributed by atoms with Gasteiger partial charge >= 0.3 is 134 Å². The molecule has 0 heterocycles. The summed E-state index contributed by atoms with van der Waals surface area (Å²) < 4.78 is 94.1. The van der Waals surface area contributed by atoms with Gasteiger partial charge in [0.15, 0.2) is 0 Å². The molecule has 0 aliphatic heterocycles. The van der Waals surface area contributed by atoms with Gasteiger partial charge in [-0.1, -0.05) is 0 Å². The first-order valence-corrected chi connectivity index (χ1v) is 6.90. The van der Waals surface area contributed by atoms with E-state index in [1.807, 2.05) is 0 Å². The molecule has 0 aliphatic carbocycles. The van der Waals surface area contributed by atoms with Crippen LogP contribution in [-0.4, -0.2) is 67.2 Å². The summed E-state index contributed by atoms with van der Waals surface area (Å²) in [5.41, 5.74) is 0. The molecule has 0 N–H and O–H groups in total. The molecule has 0 fully saturated rings. The summed E-state index contributed by atoms with van der Waals surface area (Å²) in [6.45, 7) is 0. The minimum absolute atomic E-state index is 0.118. The molecule has 9 heteroatoms. The average molecular weight is 310 g/mol. The van der Waals surface area contributed by atoms with Gasteiger partial charge in [-0.05, 0) is 0 Å². The normalized spacial score (nSPS) is 15.9. The van der Waals surface area contributed by atoms with Crippen molar-refractivity contribution in [3.8, 4) is 0 Å². The predicted molar refractivity (Wildman–Crippen MR) is 49.7 cm³/mol. The van der Waals surface area contributed by atoms with Crippen LogP contribution in [-0.2, 0) is 0 Å². The van der Waals surface area contributed by atoms with Crippen molar-refractivity contribution >= 4 is 49.0 Å². The van der Waals surface area contributed by atoms with Gasteiger partial charge in [-0.25, -0.2) is 0 Å². The molecular formula is C9H11F8K. The Bertz CT molecular complexity index is 244. The molecule has 1 unspecified atom stereocenters. The Morgan fingerprint density at radius 3 is 1.72 bits per heavy atom. The van der Waals surface area contributed by atoms with Crippen LogP contribution in [0.15, 0.2) is 0 Å². The summed E-state index contributed by atoms with van der Waals surface area (Å²) in [4.78, 5) is 0. The molecule has 0 aromatic carbocycles. The molecule has 0 radical (unpaired) electrons. The Morgan fingerprint density at radius 2 is 1.33 bits per heavy atom. The van der Waals surface area contributed by atoms with Gasteiger partial charge in [0.1, 0.15) is 0 Å². The number of hydrogen-bond acceptors (Lipinski definition) is 0. The van der Waals surface area contributed by atoms with Crippen LogP contribution >= 0.6 is 0 Å². The van der Waals surface area contributed by atoms with Gasteiger partial charge in [0.05, 0.1) is 0 Å². The Balaban J connectivity index is 3.95. The van der Waals surface area contributed by atoms with E-state index in [1.165, 1.54) is 0 Å². The van der Waals surface area contributed by atoms with E-state index < -0.39 is 80.1 Å². The van der Waals surface area contributed by atoms with Gasteiger partial charge in [0.25, 0.3) is 0 Å². The van der Waals surface area contributed by atoms with Crippen molar-refractivity contribution in [2.45, 2.75) is 50.4 Å². The zero-order valence-corrected chi connectivity index (χ0v) is 12.8.